The van der Waals surface area contributed by atoms with Crippen molar-refractivity contribution in [3.63, 3.8) is 0 Å². The number of pyridine rings is 1. The van der Waals surface area contributed by atoms with Gasteiger partial charge in [0.2, 0.25) is 0 Å². The first-order chi connectivity index (χ1) is 11.6. The van der Waals surface area contributed by atoms with Crippen LogP contribution in [-0.2, 0) is 11.2 Å². The number of carbonyl (C=O) groups is 1. The van der Waals surface area contributed by atoms with Crippen LogP contribution in [0.5, 0.6) is 5.75 Å². The predicted octanol–water partition coefficient (Wildman–Crippen LogP) is 2.86. The molecule has 0 spiro atoms. The van der Waals surface area contributed by atoms with E-state index in [9.17, 15) is 9.18 Å². The first kappa shape index (κ1) is 16.3. The highest BCUT2D eigenvalue weighted by molar-refractivity contribution is 6.30. The summed E-state index contributed by atoms with van der Waals surface area (Å²) in [6.07, 6.45) is 4.24. The summed E-state index contributed by atoms with van der Waals surface area (Å²) < 4.78 is 20.1. The summed E-state index contributed by atoms with van der Waals surface area (Å²) in [5, 5.41) is 3.37. The van der Waals surface area contributed by atoms with E-state index in [1.54, 1.807) is 18.3 Å². The zero-order chi connectivity index (χ0) is 16.9. The molecule has 0 aliphatic heterocycles. The topological polar surface area (TPSA) is 55.6 Å². The number of ether oxygens (including phenoxy) is 1. The van der Waals surface area contributed by atoms with Gasteiger partial charge in [-0.1, -0.05) is 17.7 Å². The molecule has 0 radical (unpaired) electrons. The lowest BCUT2D eigenvalue weighted by atomic mass is 10.3. The third kappa shape index (κ3) is 4.23. The molecule has 0 fully saturated rings. The number of fused-ring (bicyclic) bond motifs is 1. The normalized spacial score (nSPS) is 10.8. The Balaban J connectivity index is 1.45. The van der Waals surface area contributed by atoms with E-state index in [1.165, 1.54) is 18.2 Å². The van der Waals surface area contributed by atoms with Crippen molar-refractivity contribution in [1.29, 1.82) is 0 Å². The molecule has 0 aliphatic carbocycles. The van der Waals surface area contributed by atoms with Gasteiger partial charge in [0.05, 0.1) is 10.7 Å². The Morgan fingerprint density at radius 3 is 3.00 bits per heavy atom. The lowest BCUT2D eigenvalue weighted by molar-refractivity contribution is -0.123. The van der Waals surface area contributed by atoms with Gasteiger partial charge >= 0.3 is 0 Å². The molecule has 0 bridgehead atoms. The van der Waals surface area contributed by atoms with Crippen LogP contribution in [0.15, 0.2) is 48.8 Å². The van der Waals surface area contributed by atoms with Crippen LogP contribution in [0.25, 0.3) is 5.65 Å². The zero-order valence-corrected chi connectivity index (χ0v) is 13.5. The van der Waals surface area contributed by atoms with Crippen LogP contribution in [0.1, 0.15) is 5.69 Å². The average Bonchev–Trinajstić information content (AvgIpc) is 2.95. The lowest BCUT2D eigenvalue weighted by Gasteiger charge is -2.06. The first-order valence-corrected chi connectivity index (χ1v) is 7.76. The predicted molar refractivity (Wildman–Crippen MR) is 88.8 cm³/mol. The molecule has 3 aromatic rings. The molecule has 1 amide bonds. The molecule has 0 aliphatic rings. The minimum atomic E-state index is -0.403. The van der Waals surface area contributed by atoms with Gasteiger partial charge in [0, 0.05) is 31.4 Å². The highest BCUT2D eigenvalue weighted by atomic mass is 35.5. The molecule has 3 rings (SSSR count). The molecule has 0 unspecified atom stereocenters. The van der Waals surface area contributed by atoms with E-state index in [0.717, 1.165) is 11.3 Å². The van der Waals surface area contributed by atoms with Crippen LogP contribution in [0, 0.1) is 5.82 Å². The van der Waals surface area contributed by atoms with E-state index in [0.29, 0.717) is 23.7 Å². The fraction of sp³-hybridized carbons (Fsp3) is 0.176. The zero-order valence-electron chi connectivity index (χ0n) is 12.7. The van der Waals surface area contributed by atoms with E-state index in [2.05, 4.69) is 10.3 Å². The summed E-state index contributed by atoms with van der Waals surface area (Å²) in [6, 6.07) is 9.27. The van der Waals surface area contributed by atoms with Crippen molar-refractivity contribution in [3.8, 4) is 5.75 Å². The van der Waals surface area contributed by atoms with Gasteiger partial charge in [0.1, 0.15) is 17.2 Å². The minimum Gasteiger partial charge on any atom is -0.484 e. The molecular formula is C17H15ClFN3O2. The van der Waals surface area contributed by atoms with Gasteiger partial charge in [-0.2, -0.15) is 0 Å². The number of rotatable bonds is 6. The molecule has 7 heteroatoms. The van der Waals surface area contributed by atoms with Gasteiger partial charge in [-0.25, -0.2) is 9.37 Å². The summed E-state index contributed by atoms with van der Waals surface area (Å²) in [5.41, 5.74) is 1.65. The molecule has 2 aromatic heterocycles. The summed E-state index contributed by atoms with van der Waals surface area (Å²) in [4.78, 5) is 16.2. The van der Waals surface area contributed by atoms with Crippen molar-refractivity contribution in [2.45, 2.75) is 6.42 Å². The van der Waals surface area contributed by atoms with Gasteiger partial charge in [-0.3, -0.25) is 4.79 Å². The molecule has 124 valence electrons. The van der Waals surface area contributed by atoms with Crippen LogP contribution in [0.2, 0.25) is 5.02 Å². The van der Waals surface area contributed by atoms with Gasteiger partial charge in [-0.05, 0) is 24.3 Å². The Labute approximate surface area is 143 Å². The number of imidazole rings is 1. The molecule has 1 aromatic carbocycles. The van der Waals surface area contributed by atoms with E-state index in [4.69, 9.17) is 16.3 Å². The number of hydrogen-bond acceptors (Lipinski definition) is 3. The summed E-state index contributed by atoms with van der Waals surface area (Å²) >= 11 is 5.93. The maximum atomic E-state index is 13.0. The van der Waals surface area contributed by atoms with Gasteiger partial charge < -0.3 is 14.5 Å². The fourth-order valence-corrected chi connectivity index (χ4v) is 2.39. The van der Waals surface area contributed by atoms with Crippen molar-refractivity contribution in [2.75, 3.05) is 13.2 Å². The Bertz CT molecular complexity index is 866. The number of carbonyl (C=O) groups excluding carboxylic acids is 1. The van der Waals surface area contributed by atoms with Crippen LogP contribution >= 0.6 is 11.6 Å². The lowest BCUT2D eigenvalue weighted by Crippen LogP contribution is -2.30. The van der Waals surface area contributed by atoms with Gasteiger partial charge in [0.25, 0.3) is 5.91 Å². The molecule has 0 saturated heterocycles. The minimum absolute atomic E-state index is 0.162. The molecule has 0 atom stereocenters. The molecule has 24 heavy (non-hydrogen) atoms. The second kappa shape index (κ2) is 7.31. The third-order valence-corrected chi connectivity index (χ3v) is 3.56. The number of aromatic nitrogens is 2. The molecule has 1 N–H and O–H groups in total. The SMILES string of the molecule is O=C(COc1cccc(F)c1)NCCc1cn2cc(Cl)ccc2n1. The van der Waals surface area contributed by atoms with Crippen molar-refractivity contribution < 1.29 is 13.9 Å². The fourth-order valence-electron chi connectivity index (χ4n) is 2.22. The highest BCUT2D eigenvalue weighted by Crippen LogP contribution is 2.12. The van der Waals surface area contributed by atoms with Crippen LogP contribution in [0.4, 0.5) is 4.39 Å². The highest BCUT2D eigenvalue weighted by Gasteiger charge is 2.05. The maximum Gasteiger partial charge on any atom is 0.257 e. The second-order valence-corrected chi connectivity index (χ2v) is 5.63. The monoisotopic (exact) mass is 347 g/mol. The number of nitrogens with zero attached hydrogens (tertiary/aromatic N) is 2. The van der Waals surface area contributed by atoms with Crippen LogP contribution < -0.4 is 10.1 Å². The standard InChI is InChI=1S/C17H15ClFN3O2/c18-12-4-5-16-21-14(10-22(16)9-12)6-7-20-17(23)11-24-15-3-1-2-13(19)8-15/h1-5,8-10H,6-7,11H2,(H,20,23). The summed E-state index contributed by atoms with van der Waals surface area (Å²) in [6.45, 7) is 0.271. The summed E-state index contributed by atoms with van der Waals surface area (Å²) in [5.74, 6) is -0.353. The number of amides is 1. The smallest absolute Gasteiger partial charge is 0.257 e. The van der Waals surface area contributed by atoms with Crippen LogP contribution in [0.3, 0.4) is 0 Å². The van der Waals surface area contributed by atoms with E-state index < -0.39 is 5.82 Å². The Morgan fingerprint density at radius 2 is 2.17 bits per heavy atom. The van der Waals surface area contributed by atoms with E-state index in [-0.39, 0.29) is 12.5 Å². The number of nitrogens with one attached hydrogen (secondary N) is 1. The number of halogens is 2. The third-order valence-electron chi connectivity index (χ3n) is 3.33. The van der Waals surface area contributed by atoms with Gasteiger partial charge in [-0.15, -0.1) is 0 Å². The maximum absolute atomic E-state index is 13.0. The first-order valence-electron chi connectivity index (χ1n) is 7.38. The Hall–Kier alpha value is -2.60. The molecule has 2 heterocycles. The van der Waals surface area contributed by atoms with E-state index in [1.807, 2.05) is 16.7 Å². The number of hydrogen-bond donors (Lipinski definition) is 1. The average molecular weight is 348 g/mol. The molecule has 5 nitrogen and oxygen atoms in total. The van der Waals surface area contributed by atoms with Crippen molar-refractivity contribution >= 4 is 23.2 Å². The Morgan fingerprint density at radius 1 is 1.29 bits per heavy atom. The van der Waals surface area contributed by atoms with Crippen molar-refractivity contribution in [1.82, 2.24) is 14.7 Å². The van der Waals surface area contributed by atoms with E-state index >= 15 is 0 Å². The van der Waals surface area contributed by atoms with Crippen molar-refractivity contribution in [3.05, 3.63) is 65.3 Å². The van der Waals surface area contributed by atoms with Gasteiger partial charge in [0.15, 0.2) is 6.61 Å². The second-order valence-electron chi connectivity index (χ2n) is 5.19. The number of benzene rings is 1. The van der Waals surface area contributed by atoms with Crippen molar-refractivity contribution in [2.24, 2.45) is 0 Å². The largest absolute Gasteiger partial charge is 0.484 e. The summed E-state index contributed by atoms with van der Waals surface area (Å²) in [7, 11) is 0. The Kier molecular flexibility index (Phi) is 4.96. The quantitative estimate of drug-likeness (QED) is 0.746. The molecular weight excluding hydrogens is 333 g/mol. The van der Waals surface area contributed by atoms with Crippen LogP contribution in [-0.4, -0.2) is 28.4 Å². The molecule has 0 saturated carbocycles.